The molecular weight excluding hydrogens is 424 g/mol. The zero-order chi connectivity index (χ0) is 24.1. The van der Waals surface area contributed by atoms with Crippen molar-refractivity contribution in [2.45, 2.75) is 53.0 Å². The molecule has 3 aromatic rings. The smallest absolute Gasteiger partial charge is 0.223 e. The molecule has 0 bridgehead atoms. The molecule has 4 heterocycles. The van der Waals surface area contributed by atoms with Crippen LogP contribution in [-0.4, -0.2) is 46.5 Å². The van der Waals surface area contributed by atoms with Gasteiger partial charge in [-0.1, -0.05) is 20.8 Å². The Morgan fingerprint density at radius 1 is 1.15 bits per heavy atom. The molecule has 7 heteroatoms. The van der Waals surface area contributed by atoms with E-state index < -0.39 is 0 Å². The summed E-state index contributed by atoms with van der Waals surface area (Å²) in [5, 5.41) is 8.70. The predicted octanol–water partition coefficient (Wildman–Crippen LogP) is 4.89. The van der Waals surface area contributed by atoms with Crippen molar-refractivity contribution in [3.8, 4) is 11.3 Å². The van der Waals surface area contributed by atoms with Gasteiger partial charge in [-0.25, -0.2) is 9.97 Å². The molecule has 1 amide bonds. The first-order valence-electron chi connectivity index (χ1n) is 12.4. The summed E-state index contributed by atoms with van der Waals surface area (Å²) in [4.78, 5) is 28.8. The number of piperidine rings is 1. The average Bonchev–Trinajstić information content (AvgIpc) is 2.86. The molecule has 0 radical (unpaired) electrons. The number of nitrogens with one attached hydrogen (secondary N) is 2. The van der Waals surface area contributed by atoms with Gasteiger partial charge in [-0.05, 0) is 56.4 Å². The van der Waals surface area contributed by atoms with Crippen molar-refractivity contribution in [3.05, 3.63) is 42.9 Å². The van der Waals surface area contributed by atoms with E-state index in [2.05, 4.69) is 65.3 Å². The number of rotatable bonds is 8. The van der Waals surface area contributed by atoms with Crippen molar-refractivity contribution in [3.63, 3.8) is 0 Å². The summed E-state index contributed by atoms with van der Waals surface area (Å²) in [6.45, 7) is 10.9. The van der Waals surface area contributed by atoms with Gasteiger partial charge in [-0.3, -0.25) is 9.78 Å². The Balaban J connectivity index is 1.58. The van der Waals surface area contributed by atoms with Crippen LogP contribution in [0.3, 0.4) is 0 Å². The first kappa shape index (κ1) is 23.9. The van der Waals surface area contributed by atoms with Gasteiger partial charge in [-0.15, -0.1) is 0 Å². The summed E-state index contributed by atoms with van der Waals surface area (Å²) in [6, 6.07) is 8.55. The molecule has 1 aliphatic heterocycles. The number of pyridine rings is 3. The molecule has 1 fully saturated rings. The first-order valence-corrected chi connectivity index (χ1v) is 12.4. The van der Waals surface area contributed by atoms with E-state index in [1.165, 1.54) is 0 Å². The normalized spacial score (nSPS) is 15.5. The highest BCUT2D eigenvalue weighted by Gasteiger charge is 2.26. The number of nitrogens with zero attached hydrogens (tertiary/aromatic N) is 4. The number of fused-ring (bicyclic) bond motifs is 1. The van der Waals surface area contributed by atoms with E-state index in [1.54, 1.807) is 0 Å². The lowest BCUT2D eigenvalue weighted by molar-refractivity contribution is -0.125. The highest BCUT2D eigenvalue weighted by atomic mass is 16.1. The zero-order valence-corrected chi connectivity index (χ0v) is 20.7. The minimum atomic E-state index is 0.0699. The van der Waals surface area contributed by atoms with E-state index in [1.807, 2.05) is 30.7 Å². The van der Waals surface area contributed by atoms with Crippen LogP contribution in [0.1, 0.15) is 47.0 Å². The molecule has 0 unspecified atom stereocenters. The molecular formula is C27H36N6O. The van der Waals surface area contributed by atoms with Gasteiger partial charge < -0.3 is 15.5 Å². The predicted molar refractivity (Wildman–Crippen MR) is 139 cm³/mol. The molecule has 0 aromatic carbocycles. The number of amides is 1. The van der Waals surface area contributed by atoms with Crippen molar-refractivity contribution < 1.29 is 4.79 Å². The number of hydrogen-bond donors (Lipinski definition) is 2. The Morgan fingerprint density at radius 3 is 2.68 bits per heavy atom. The van der Waals surface area contributed by atoms with E-state index >= 15 is 0 Å². The van der Waals surface area contributed by atoms with Crippen molar-refractivity contribution in [1.82, 2.24) is 20.3 Å². The Kier molecular flexibility index (Phi) is 7.60. The molecule has 34 heavy (non-hydrogen) atoms. The van der Waals surface area contributed by atoms with Crippen LogP contribution in [0.15, 0.2) is 42.9 Å². The Labute approximate surface area is 202 Å². The lowest BCUT2D eigenvalue weighted by atomic mass is 9.95. The number of carbonyl (C=O) groups excluding carboxylic acids is 1. The van der Waals surface area contributed by atoms with Gasteiger partial charge in [0.25, 0.3) is 0 Å². The fraction of sp³-hybridized carbons (Fsp3) is 0.481. The summed E-state index contributed by atoms with van der Waals surface area (Å²) in [5.41, 5.74) is 1.93. The minimum absolute atomic E-state index is 0.0699. The third-order valence-corrected chi connectivity index (χ3v) is 6.52. The highest BCUT2D eigenvalue weighted by Crippen LogP contribution is 2.32. The molecule has 0 saturated carbocycles. The first-order chi connectivity index (χ1) is 16.4. The van der Waals surface area contributed by atoms with Crippen molar-refractivity contribution in [2.24, 2.45) is 11.8 Å². The maximum atomic E-state index is 12.6. The SMILES string of the molecule is CC[C@@H](C)Nc1cc(-c2cc3cnccc3c(N3CCC(C(=O)NCC(C)C)CC3)n2)ccn1. The molecule has 7 nitrogen and oxygen atoms in total. The standard InChI is InChI=1S/C27H36N6O/c1-5-19(4)31-25-15-21(6-11-29-25)24-14-22-17-28-10-7-23(22)26(32-24)33-12-8-20(9-13-33)27(34)30-16-18(2)3/h6-7,10-11,14-15,17-20H,5,8-9,12-13,16H2,1-4H3,(H,29,31)(H,30,34)/t19-/m1/s1. The van der Waals surface area contributed by atoms with Gasteiger partial charge in [0, 0.05) is 66.5 Å². The lowest BCUT2D eigenvalue weighted by Crippen LogP contribution is -2.41. The average molecular weight is 461 g/mol. The van der Waals surface area contributed by atoms with Crippen molar-refractivity contribution >= 4 is 28.3 Å². The summed E-state index contributed by atoms with van der Waals surface area (Å²) in [7, 11) is 0. The number of carbonyl (C=O) groups is 1. The number of anilines is 2. The Bertz CT molecular complexity index is 1120. The van der Waals surface area contributed by atoms with E-state index in [-0.39, 0.29) is 11.8 Å². The summed E-state index contributed by atoms with van der Waals surface area (Å²) >= 11 is 0. The second-order valence-corrected chi connectivity index (χ2v) is 9.71. The van der Waals surface area contributed by atoms with Gasteiger partial charge in [0.15, 0.2) is 0 Å². The molecule has 3 aromatic heterocycles. The maximum Gasteiger partial charge on any atom is 0.223 e. The molecule has 180 valence electrons. The van der Waals surface area contributed by atoms with Gasteiger partial charge >= 0.3 is 0 Å². The molecule has 0 aliphatic carbocycles. The Hall–Kier alpha value is -3.22. The maximum absolute atomic E-state index is 12.6. The molecule has 2 N–H and O–H groups in total. The monoisotopic (exact) mass is 460 g/mol. The number of hydrogen-bond acceptors (Lipinski definition) is 6. The molecule has 1 atom stereocenters. The van der Waals surface area contributed by atoms with E-state index in [0.717, 1.165) is 72.6 Å². The van der Waals surface area contributed by atoms with Crippen LogP contribution in [-0.2, 0) is 4.79 Å². The topological polar surface area (TPSA) is 83.0 Å². The van der Waals surface area contributed by atoms with Crippen molar-refractivity contribution in [1.29, 1.82) is 0 Å². The van der Waals surface area contributed by atoms with Crippen LogP contribution in [0.4, 0.5) is 11.6 Å². The third-order valence-electron chi connectivity index (χ3n) is 6.52. The molecule has 1 saturated heterocycles. The summed E-state index contributed by atoms with van der Waals surface area (Å²) < 4.78 is 0. The zero-order valence-electron chi connectivity index (χ0n) is 20.7. The molecule has 1 aliphatic rings. The second kappa shape index (κ2) is 10.8. The van der Waals surface area contributed by atoms with Gasteiger partial charge in [0.05, 0.1) is 5.69 Å². The van der Waals surface area contributed by atoms with E-state index in [0.29, 0.717) is 12.0 Å². The molecule has 0 spiro atoms. The fourth-order valence-electron chi connectivity index (χ4n) is 4.29. The van der Waals surface area contributed by atoms with Crippen LogP contribution in [0.5, 0.6) is 0 Å². The second-order valence-electron chi connectivity index (χ2n) is 9.71. The minimum Gasteiger partial charge on any atom is -0.368 e. The van der Waals surface area contributed by atoms with Crippen LogP contribution in [0.2, 0.25) is 0 Å². The third kappa shape index (κ3) is 5.64. The van der Waals surface area contributed by atoms with E-state index in [9.17, 15) is 4.79 Å². The molecule has 4 rings (SSSR count). The van der Waals surface area contributed by atoms with Gasteiger partial charge in [0.1, 0.15) is 11.6 Å². The quantitative estimate of drug-likeness (QED) is 0.498. The highest BCUT2D eigenvalue weighted by molar-refractivity contribution is 5.94. The largest absolute Gasteiger partial charge is 0.368 e. The van der Waals surface area contributed by atoms with Crippen LogP contribution in [0.25, 0.3) is 22.0 Å². The van der Waals surface area contributed by atoms with Crippen molar-refractivity contribution in [2.75, 3.05) is 29.9 Å². The van der Waals surface area contributed by atoms with Crippen LogP contribution >= 0.6 is 0 Å². The van der Waals surface area contributed by atoms with Gasteiger partial charge in [-0.2, -0.15) is 0 Å². The lowest BCUT2D eigenvalue weighted by Gasteiger charge is -2.33. The Morgan fingerprint density at radius 2 is 1.94 bits per heavy atom. The number of aromatic nitrogens is 3. The van der Waals surface area contributed by atoms with E-state index in [4.69, 9.17) is 4.98 Å². The van der Waals surface area contributed by atoms with Crippen LogP contribution in [0, 0.1) is 11.8 Å². The summed E-state index contributed by atoms with van der Waals surface area (Å²) in [5.74, 6) is 2.53. The fourth-order valence-corrected chi connectivity index (χ4v) is 4.29. The van der Waals surface area contributed by atoms with Gasteiger partial charge in [0.2, 0.25) is 5.91 Å². The summed E-state index contributed by atoms with van der Waals surface area (Å²) in [6.07, 6.45) is 8.24. The van der Waals surface area contributed by atoms with Crippen LogP contribution < -0.4 is 15.5 Å².